The van der Waals surface area contributed by atoms with Crippen LogP contribution in [0.4, 0.5) is 0 Å². The molecule has 0 unspecified atom stereocenters. The summed E-state index contributed by atoms with van der Waals surface area (Å²) in [6.07, 6.45) is 1.11. The Hall–Kier alpha value is -1.79. The van der Waals surface area contributed by atoms with E-state index in [-0.39, 0.29) is 0 Å². The molecule has 1 saturated heterocycles. The molecule has 1 aliphatic rings. The maximum Gasteiger partial charge on any atom is 0.180 e. The van der Waals surface area contributed by atoms with Crippen LogP contribution in [0, 0.1) is 0 Å². The first-order chi connectivity index (χ1) is 13.8. The molecule has 1 fully saturated rings. The molecule has 1 heterocycles. The van der Waals surface area contributed by atoms with Gasteiger partial charge in [0.15, 0.2) is 11.5 Å². The Morgan fingerprint density at radius 3 is 2.64 bits per heavy atom. The first kappa shape index (κ1) is 20.9. The van der Waals surface area contributed by atoms with Crippen molar-refractivity contribution in [2.75, 3.05) is 46.5 Å². The molecule has 3 rings (SSSR count). The molecule has 152 valence electrons. The topological polar surface area (TPSA) is 43.0 Å². The van der Waals surface area contributed by atoms with Crippen LogP contribution < -0.4 is 14.8 Å². The second-order valence-electron chi connectivity index (χ2n) is 6.87. The second kappa shape index (κ2) is 11.3. The highest BCUT2D eigenvalue weighted by molar-refractivity contribution is 6.32. The summed E-state index contributed by atoms with van der Waals surface area (Å²) < 4.78 is 16.8. The number of nitrogens with one attached hydrogen (secondary N) is 1. The highest BCUT2D eigenvalue weighted by Crippen LogP contribution is 2.37. The molecule has 5 nitrogen and oxygen atoms in total. The van der Waals surface area contributed by atoms with E-state index in [1.807, 2.05) is 42.5 Å². The van der Waals surface area contributed by atoms with Crippen molar-refractivity contribution < 1.29 is 14.2 Å². The number of methoxy groups -OCH3 is 1. The van der Waals surface area contributed by atoms with Crippen molar-refractivity contribution >= 4 is 11.6 Å². The Kier molecular flexibility index (Phi) is 8.42. The van der Waals surface area contributed by atoms with Gasteiger partial charge in [0.25, 0.3) is 0 Å². The van der Waals surface area contributed by atoms with Gasteiger partial charge in [-0.25, -0.2) is 0 Å². The van der Waals surface area contributed by atoms with Gasteiger partial charge in [-0.3, -0.25) is 4.90 Å². The monoisotopic (exact) mass is 404 g/mol. The van der Waals surface area contributed by atoms with Crippen LogP contribution in [0.15, 0.2) is 42.5 Å². The van der Waals surface area contributed by atoms with E-state index in [4.69, 9.17) is 25.8 Å². The zero-order valence-electron chi connectivity index (χ0n) is 16.5. The zero-order valence-corrected chi connectivity index (χ0v) is 17.2. The number of rotatable bonds is 10. The van der Waals surface area contributed by atoms with Crippen molar-refractivity contribution in [3.8, 4) is 11.5 Å². The van der Waals surface area contributed by atoms with Crippen LogP contribution in [-0.2, 0) is 17.9 Å². The second-order valence-corrected chi connectivity index (χ2v) is 7.27. The van der Waals surface area contributed by atoms with Crippen molar-refractivity contribution in [3.05, 3.63) is 58.6 Å². The van der Waals surface area contributed by atoms with Crippen LogP contribution in [0.3, 0.4) is 0 Å². The fourth-order valence-corrected chi connectivity index (χ4v) is 3.52. The Morgan fingerprint density at radius 2 is 1.89 bits per heavy atom. The van der Waals surface area contributed by atoms with E-state index in [1.54, 1.807) is 7.11 Å². The number of hydrogen-bond donors (Lipinski definition) is 1. The van der Waals surface area contributed by atoms with Crippen LogP contribution in [0.1, 0.15) is 17.5 Å². The average molecular weight is 405 g/mol. The Labute approximate surface area is 172 Å². The van der Waals surface area contributed by atoms with Crippen LogP contribution in [0.2, 0.25) is 5.02 Å². The van der Waals surface area contributed by atoms with Crippen molar-refractivity contribution in [1.82, 2.24) is 10.2 Å². The Morgan fingerprint density at radius 1 is 1.11 bits per heavy atom. The van der Waals surface area contributed by atoms with E-state index in [0.717, 1.165) is 63.5 Å². The molecule has 28 heavy (non-hydrogen) atoms. The normalized spacial score (nSPS) is 14.8. The lowest BCUT2D eigenvalue weighted by Gasteiger charge is -2.26. The van der Waals surface area contributed by atoms with Gasteiger partial charge in [0.2, 0.25) is 0 Å². The number of benzene rings is 2. The lowest BCUT2D eigenvalue weighted by molar-refractivity contribution is 0.0374. The minimum absolute atomic E-state index is 0.454. The minimum atomic E-state index is 0.454. The highest BCUT2D eigenvalue weighted by Gasteiger charge is 2.13. The van der Waals surface area contributed by atoms with E-state index in [0.29, 0.717) is 23.1 Å². The lowest BCUT2D eigenvalue weighted by Crippen LogP contribution is -2.37. The first-order valence-electron chi connectivity index (χ1n) is 9.80. The predicted molar refractivity (Wildman–Crippen MR) is 112 cm³/mol. The summed E-state index contributed by atoms with van der Waals surface area (Å²) in [4.78, 5) is 2.45. The number of nitrogens with zero attached hydrogens (tertiary/aromatic N) is 1. The maximum absolute atomic E-state index is 6.47. The molecule has 0 aromatic heterocycles. The Bertz CT molecular complexity index is 721. The third-order valence-corrected chi connectivity index (χ3v) is 5.06. The lowest BCUT2D eigenvalue weighted by atomic mass is 10.2. The van der Waals surface area contributed by atoms with E-state index in [2.05, 4.69) is 10.2 Å². The van der Waals surface area contributed by atoms with Gasteiger partial charge in [-0.1, -0.05) is 41.9 Å². The third kappa shape index (κ3) is 6.38. The number of ether oxygens (including phenoxy) is 3. The minimum Gasteiger partial charge on any atom is -0.493 e. The van der Waals surface area contributed by atoms with E-state index in [1.165, 1.54) is 0 Å². The molecule has 0 spiro atoms. The van der Waals surface area contributed by atoms with Crippen LogP contribution in [0.5, 0.6) is 11.5 Å². The molecular weight excluding hydrogens is 376 g/mol. The van der Waals surface area contributed by atoms with Crippen molar-refractivity contribution in [3.63, 3.8) is 0 Å². The summed E-state index contributed by atoms with van der Waals surface area (Å²) in [6.45, 7) is 7.05. The largest absolute Gasteiger partial charge is 0.493 e. The highest BCUT2D eigenvalue weighted by atomic mass is 35.5. The molecule has 1 aliphatic heterocycles. The van der Waals surface area contributed by atoms with Gasteiger partial charge in [-0.2, -0.15) is 0 Å². The van der Waals surface area contributed by atoms with Crippen molar-refractivity contribution in [2.45, 2.75) is 19.6 Å². The molecule has 1 N–H and O–H groups in total. The standard InChI is InChI=1S/C22H29ClN2O3/c1-26-21-15-19(16-24-8-5-9-25-10-12-27-13-11-25)14-20(23)22(21)28-17-18-6-3-2-4-7-18/h2-4,6-7,14-15,24H,5,8-13,16-17H2,1H3. The van der Waals surface area contributed by atoms with Gasteiger partial charge in [0.05, 0.1) is 25.3 Å². The fourth-order valence-electron chi connectivity index (χ4n) is 3.23. The molecule has 0 bridgehead atoms. The SMILES string of the molecule is COc1cc(CNCCCN2CCOCC2)cc(Cl)c1OCc1ccccc1. The average Bonchev–Trinajstić information content (AvgIpc) is 2.74. The van der Waals surface area contributed by atoms with Gasteiger partial charge >= 0.3 is 0 Å². The molecule has 0 atom stereocenters. The van der Waals surface area contributed by atoms with Gasteiger partial charge in [-0.05, 0) is 42.8 Å². The number of hydrogen-bond acceptors (Lipinski definition) is 5. The molecule has 0 saturated carbocycles. The summed E-state index contributed by atoms with van der Waals surface area (Å²) in [6, 6.07) is 13.9. The fraction of sp³-hybridized carbons (Fsp3) is 0.455. The van der Waals surface area contributed by atoms with Gasteiger partial charge in [0.1, 0.15) is 6.61 Å². The number of halogens is 1. The summed E-state index contributed by atoms with van der Waals surface area (Å²) in [5.41, 5.74) is 2.17. The molecule has 6 heteroatoms. The molecule has 0 aliphatic carbocycles. The third-order valence-electron chi connectivity index (χ3n) is 4.78. The maximum atomic E-state index is 6.47. The van der Waals surface area contributed by atoms with Gasteiger partial charge in [0, 0.05) is 19.6 Å². The van der Waals surface area contributed by atoms with E-state index < -0.39 is 0 Å². The summed E-state index contributed by atoms with van der Waals surface area (Å²) in [7, 11) is 1.64. The van der Waals surface area contributed by atoms with Crippen molar-refractivity contribution in [2.24, 2.45) is 0 Å². The number of morpholine rings is 1. The van der Waals surface area contributed by atoms with Crippen LogP contribution in [0.25, 0.3) is 0 Å². The predicted octanol–water partition coefficient (Wildman–Crippen LogP) is 3.74. The molecule has 2 aromatic rings. The summed E-state index contributed by atoms with van der Waals surface area (Å²) in [5.74, 6) is 1.25. The molecule has 0 radical (unpaired) electrons. The summed E-state index contributed by atoms with van der Waals surface area (Å²) >= 11 is 6.47. The molecular formula is C22H29ClN2O3. The van der Waals surface area contributed by atoms with Crippen molar-refractivity contribution in [1.29, 1.82) is 0 Å². The van der Waals surface area contributed by atoms with E-state index >= 15 is 0 Å². The van der Waals surface area contributed by atoms with Gasteiger partial charge in [-0.15, -0.1) is 0 Å². The first-order valence-corrected chi connectivity index (χ1v) is 10.2. The molecule has 0 amide bonds. The quantitative estimate of drug-likeness (QED) is 0.611. The summed E-state index contributed by atoms with van der Waals surface area (Å²) in [5, 5.41) is 4.05. The van der Waals surface area contributed by atoms with Crippen LogP contribution >= 0.6 is 11.6 Å². The van der Waals surface area contributed by atoms with Gasteiger partial charge < -0.3 is 19.5 Å². The smallest absolute Gasteiger partial charge is 0.180 e. The zero-order chi connectivity index (χ0) is 19.6. The Balaban J connectivity index is 1.47. The van der Waals surface area contributed by atoms with E-state index in [9.17, 15) is 0 Å². The van der Waals surface area contributed by atoms with Crippen LogP contribution in [-0.4, -0.2) is 51.4 Å². The molecule has 2 aromatic carbocycles.